The van der Waals surface area contributed by atoms with Crippen molar-refractivity contribution in [2.45, 2.75) is 45.6 Å². The summed E-state index contributed by atoms with van der Waals surface area (Å²) in [5.41, 5.74) is 0.961. The standard InChI is InChI=1S/C12H20N2O2/c1-4-6-7-10(12(15)16-3)11-8-9-13-14(11)5-2/h8-10H,4-7H2,1-3H3. The van der Waals surface area contributed by atoms with Gasteiger partial charge in [-0.25, -0.2) is 0 Å². The molecule has 4 heteroatoms. The summed E-state index contributed by atoms with van der Waals surface area (Å²) >= 11 is 0. The Bertz CT molecular complexity index is 334. The van der Waals surface area contributed by atoms with Gasteiger partial charge in [0, 0.05) is 12.7 Å². The fraction of sp³-hybridized carbons (Fsp3) is 0.667. The van der Waals surface area contributed by atoms with Gasteiger partial charge >= 0.3 is 5.97 Å². The van der Waals surface area contributed by atoms with Crippen LogP contribution in [0.1, 0.15) is 44.7 Å². The van der Waals surface area contributed by atoms with Crippen LogP contribution in [-0.4, -0.2) is 22.9 Å². The Morgan fingerprint density at radius 3 is 2.88 bits per heavy atom. The van der Waals surface area contributed by atoms with Crippen LogP contribution in [0.25, 0.3) is 0 Å². The first kappa shape index (κ1) is 12.7. The van der Waals surface area contributed by atoms with E-state index in [1.807, 2.05) is 17.7 Å². The first-order valence-corrected chi connectivity index (χ1v) is 5.84. The predicted octanol–water partition coefficient (Wildman–Crippen LogP) is 2.35. The van der Waals surface area contributed by atoms with Crippen LogP contribution in [0.15, 0.2) is 12.3 Å². The SMILES string of the molecule is CCCCC(C(=O)OC)c1ccnn1CC. The minimum atomic E-state index is -0.174. The Labute approximate surface area is 96.6 Å². The lowest BCUT2D eigenvalue weighted by Crippen LogP contribution is -2.18. The van der Waals surface area contributed by atoms with E-state index < -0.39 is 0 Å². The normalized spacial score (nSPS) is 12.4. The summed E-state index contributed by atoms with van der Waals surface area (Å²) in [4.78, 5) is 11.7. The summed E-state index contributed by atoms with van der Waals surface area (Å²) in [6.07, 6.45) is 4.66. The molecule has 0 bridgehead atoms. The Hall–Kier alpha value is -1.32. The second kappa shape index (κ2) is 6.30. The van der Waals surface area contributed by atoms with Crippen LogP contribution in [0, 0.1) is 0 Å². The summed E-state index contributed by atoms with van der Waals surface area (Å²) in [6.45, 7) is 4.91. The molecule has 0 radical (unpaired) electrons. The summed E-state index contributed by atoms with van der Waals surface area (Å²) in [5, 5.41) is 4.19. The molecule has 0 N–H and O–H groups in total. The molecule has 1 unspecified atom stereocenters. The summed E-state index contributed by atoms with van der Waals surface area (Å²) in [5.74, 6) is -0.337. The molecule has 1 aromatic rings. The van der Waals surface area contributed by atoms with Crippen LogP contribution < -0.4 is 0 Å². The fourth-order valence-corrected chi connectivity index (χ4v) is 1.84. The quantitative estimate of drug-likeness (QED) is 0.697. The molecule has 0 amide bonds. The minimum absolute atomic E-state index is 0.163. The lowest BCUT2D eigenvalue weighted by molar-refractivity contribution is -0.142. The molecule has 4 nitrogen and oxygen atoms in total. The largest absolute Gasteiger partial charge is 0.469 e. The Balaban J connectivity index is 2.87. The second-order valence-electron chi connectivity index (χ2n) is 3.79. The number of hydrogen-bond acceptors (Lipinski definition) is 3. The van der Waals surface area contributed by atoms with E-state index in [0.29, 0.717) is 0 Å². The van der Waals surface area contributed by atoms with Crippen LogP contribution in [0.5, 0.6) is 0 Å². The van der Waals surface area contributed by atoms with Gasteiger partial charge in [-0.3, -0.25) is 9.48 Å². The zero-order valence-corrected chi connectivity index (χ0v) is 10.3. The van der Waals surface area contributed by atoms with Gasteiger partial charge in [0.05, 0.1) is 18.7 Å². The van der Waals surface area contributed by atoms with E-state index in [-0.39, 0.29) is 11.9 Å². The van der Waals surface area contributed by atoms with Crippen molar-refractivity contribution in [3.05, 3.63) is 18.0 Å². The molecule has 0 aromatic carbocycles. The highest BCUT2D eigenvalue weighted by Crippen LogP contribution is 2.23. The van der Waals surface area contributed by atoms with Crippen LogP contribution in [-0.2, 0) is 16.1 Å². The van der Waals surface area contributed by atoms with Gasteiger partial charge in [-0.2, -0.15) is 5.10 Å². The fourth-order valence-electron chi connectivity index (χ4n) is 1.84. The number of ether oxygens (including phenoxy) is 1. The highest BCUT2D eigenvalue weighted by Gasteiger charge is 2.23. The molecule has 1 atom stereocenters. The van der Waals surface area contributed by atoms with Crippen molar-refractivity contribution in [2.75, 3.05) is 7.11 Å². The van der Waals surface area contributed by atoms with Gasteiger partial charge in [-0.15, -0.1) is 0 Å². The average Bonchev–Trinajstić information content (AvgIpc) is 2.77. The molecular formula is C12H20N2O2. The van der Waals surface area contributed by atoms with E-state index in [4.69, 9.17) is 4.74 Å². The van der Waals surface area contributed by atoms with Crippen LogP contribution >= 0.6 is 0 Å². The summed E-state index contributed by atoms with van der Waals surface area (Å²) in [7, 11) is 1.44. The lowest BCUT2D eigenvalue weighted by atomic mass is 9.98. The molecule has 0 fully saturated rings. The number of rotatable bonds is 6. The van der Waals surface area contributed by atoms with E-state index in [1.165, 1.54) is 7.11 Å². The monoisotopic (exact) mass is 224 g/mol. The molecule has 0 aliphatic heterocycles. The molecule has 0 aliphatic rings. The smallest absolute Gasteiger partial charge is 0.314 e. The molecule has 16 heavy (non-hydrogen) atoms. The van der Waals surface area contributed by atoms with Crippen molar-refractivity contribution in [2.24, 2.45) is 0 Å². The van der Waals surface area contributed by atoms with Crippen LogP contribution in [0.2, 0.25) is 0 Å². The zero-order valence-electron chi connectivity index (χ0n) is 10.3. The van der Waals surface area contributed by atoms with Crippen molar-refractivity contribution in [1.82, 2.24) is 9.78 Å². The average molecular weight is 224 g/mol. The number of unbranched alkanes of at least 4 members (excludes halogenated alkanes) is 1. The summed E-state index contributed by atoms with van der Waals surface area (Å²) in [6, 6.07) is 1.90. The number of methoxy groups -OCH3 is 1. The third-order valence-electron chi connectivity index (χ3n) is 2.74. The molecule has 1 heterocycles. The topological polar surface area (TPSA) is 44.1 Å². The van der Waals surface area contributed by atoms with Gasteiger partial charge in [0.2, 0.25) is 0 Å². The van der Waals surface area contributed by atoms with Gasteiger partial charge in [0.25, 0.3) is 0 Å². The Morgan fingerprint density at radius 1 is 1.56 bits per heavy atom. The molecule has 1 aromatic heterocycles. The lowest BCUT2D eigenvalue weighted by Gasteiger charge is -2.15. The molecule has 0 aliphatic carbocycles. The zero-order chi connectivity index (χ0) is 12.0. The molecule has 0 saturated heterocycles. The number of aryl methyl sites for hydroxylation is 1. The summed E-state index contributed by atoms with van der Waals surface area (Å²) < 4.78 is 6.71. The number of carbonyl (C=O) groups excluding carboxylic acids is 1. The minimum Gasteiger partial charge on any atom is -0.469 e. The maximum absolute atomic E-state index is 11.7. The van der Waals surface area contributed by atoms with Crippen molar-refractivity contribution < 1.29 is 9.53 Å². The number of nitrogens with zero attached hydrogens (tertiary/aromatic N) is 2. The van der Waals surface area contributed by atoms with E-state index in [9.17, 15) is 4.79 Å². The maximum Gasteiger partial charge on any atom is 0.314 e. The van der Waals surface area contributed by atoms with Gasteiger partial charge in [0.1, 0.15) is 0 Å². The van der Waals surface area contributed by atoms with Crippen LogP contribution in [0.4, 0.5) is 0 Å². The number of hydrogen-bond donors (Lipinski definition) is 0. The highest BCUT2D eigenvalue weighted by atomic mass is 16.5. The van der Waals surface area contributed by atoms with Crippen molar-refractivity contribution in [3.63, 3.8) is 0 Å². The van der Waals surface area contributed by atoms with Crippen molar-refractivity contribution in [1.29, 1.82) is 0 Å². The predicted molar refractivity (Wildman–Crippen MR) is 62.2 cm³/mol. The number of aromatic nitrogens is 2. The third kappa shape index (κ3) is 2.84. The van der Waals surface area contributed by atoms with Crippen molar-refractivity contribution in [3.8, 4) is 0 Å². The van der Waals surface area contributed by atoms with Gasteiger partial charge in [-0.05, 0) is 19.4 Å². The number of esters is 1. The first-order chi connectivity index (χ1) is 7.74. The molecule has 1 rings (SSSR count). The molecule has 90 valence electrons. The maximum atomic E-state index is 11.7. The Morgan fingerprint density at radius 2 is 2.31 bits per heavy atom. The molecule has 0 saturated carbocycles. The van der Waals surface area contributed by atoms with E-state index in [1.54, 1.807) is 6.20 Å². The Kier molecular flexibility index (Phi) is 5.02. The van der Waals surface area contributed by atoms with E-state index in [2.05, 4.69) is 12.0 Å². The van der Waals surface area contributed by atoms with E-state index in [0.717, 1.165) is 31.5 Å². The highest BCUT2D eigenvalue weighted by molar-refractivity contribution is 5.77. The first-order valence-electron chi connectivity index (χ1n) is 5.84. The van der Waals surface area contributed by atoms with Gasteiger partial charge < -0.3 is 4.74 Å². The number of carbonyl (C=O) groups is 1. The molecule has 0 spiro atoms. The third-order valence-corrected chi connectivity index (χ3v) is 2.74. The van der Waals surface area contributed by atoms with E-state index >= 15 is 0 Å². The van der Waals surface area contributed by atoms with Gasteiger partial charge in [0.15, 0.2) is 0 Å². The van der Waals surface area contributed by atoms with Crippen LogP contribution in [0.3, 0.4) is 0 Å². The van der Waals surface area contributed by atoms with Gasteiger partial charge in [-0.1, -0.05) is 19.8 Å². The van der Waals surface area contributed by atoms with Crippen molar-refractivity contribution >= 4 is 5.97 Å². The molecular weight excluding hydrogens is 204 g/mol. The second-order valence-corrected chi connectivity index (χ2v) is 3.79.